The normalized spacial score (nSPS) is 12.1. The van der Waals surface area contributed by atoms with Crippen LogP contribution in [-0.4, -0.2) is 33.3 Å². The number of carbonyl (C=O) groups excluding carboxylic acids is 2. The molecule has 9 heteroatoms. The standard InChI is InChI=1S/C24H23ClN2O5S/c1-16(28)18-9-6-10-20(14-18)26-24(29)21(13-17-7-4-3-5-8-17)27-33(30,31)23-15-19(25)11-12-22(23)32-2/h3-12,14-15,21,27H,13H2,1-2H3,(H,26,29)/t21-/m0/s1. The molecule has 0 spiro atoms. The number of amides is 1. The SMILES string of the molecule is COc1ccc(Cl)cc1S(=O)(=O)N[C@@H](Cc1ccccc1)C(=O)Nc1cccc(C(C)=O)c1. The highest BCUT2D eigenvalue weighted by Gasteiger charge is 2.28. The molecule has 3 aromatic rings. The van der Waals surface area contributed by atoms with Crippen molar-refractivity contribution >= 4 is 39.0 Å². The van der Waals surface area contributed by atoms with Crippen LogP contribution in [-0.2, 0) is 21.2 Å². The summed E-state index contributed by atoms with van der Waals surface area (Å²) in [5, 5.41) is 2.91. The van der Waals surface area contributed by atoms with Gasteiger partial charge in [-0.25, -0.2) is 8.42 Å². The number of nitrogens with one attached hydrogen (secondary N) is 2. The number of methoxy groups -OCH3 is 1. The first-order chi connectivity index (χ1) is 15.7. The van der Waals surface area contributed by atoms with Crippen LogP contribution in [0.5, 0.6) is 5.75 Å². The Labute approximate surface area is 197 Å². The topological polar surface area (TPSA) is 102 Å². The highest BCUT2D eigenvalue weighted by Crippen LogP contribution is 2.27. The van der Waals surface area contributed by atoms with Crippen LogP contribution < -0.4 is 14.8 Å². The highest BCUT2D eigenvalue weighted by molar-refractivity contribution is 7.89. The van der Waals surface area contributed by atoms with Gasteiger partial charge in [0, 0.05) is 16.3 Å². The van der Waals surface area contributed by atoms with E-state index in [1.807, 2.05) is 6.07 Å². The Morgan fingerprint density at radius 3 is 2.39 bits per heavy atom. The molecule has 0 saturated heterocycles. The van der Waals surface area contributed by atoms with E-state index >= 15 is 0 Å². The number of hydrogen-bond donors (Lipinski definition) is 2. The Bertz CT molecular complexity index is 1260. The van der Waals surface area contributed by atoms with Crippen molar-refractivity contribution in [2.75, 3.05) is 12.4 Å². The number of ketones is 1. The molecule has 0 heterocycles. The number of rotatable bonds is 9. The molecule has 1 amide bonds. The van der Waals surface area contributed by atoms with E-state index in [0.29, 0.717) is 11.3 Å². The zero-order valence-corrected chi connectivity index (χ0v) is 19.6. The molecule has 3 aromatic carbocycles. The average Bonchev–Trinajstić information content (AvgIpc) is 2.79. The van der Waals surface area contributed by atoms with E-state index in [2.05, 4.69) is 10.0 Å². The molecule has 0 aliphatic carbocycles. The molecular formula is C24H23ClN2O5S. The molecular weight excluding hydrogens is 464 g/mol. The number of benzene rings is 3. The third kappa shape index (κ3) is 6.41. The van der Waals surface area contributed by atoms with Crippen LogP contribution in [0.4, 0.5) is 5.69 Å². The fraction of sp³-hybridized carbons (Fsp3) is 0.167. The van der Waals surface area contributed by atoms with E-state index in [4.69, 9.17) is 16.3 Å². The van der Waals surface area contributed by atoms with Crippen molar-refractivity contribution in [3.8, 4) is 5.75 Å². The predicted molar refractivity (Wildman–Crippen MR) is 127 cm³/mol. The maximum Gasteiger partial charge on any atom is 0.245 e. The van der Waals surface area contributed by atoms with Gasteiger partial charge in [0.15, 0.2) is 5.78 Å². The zero-order chi connectivity index (χ0) is 24.0. The summed E-state index contributed by atoms with van der Waals surface area (Å²) in [4.78, 5) is 24.6. The first-order valence-electron chi connectivity index (χ1n) is 10.0. The number of anilines is 1. The molecule has 0 aromatic heterocycles. The number of Topliss-reactive ketones (excluding diaryl/α,β-unsaturated/α-hetero) is 1. The molecule has 3 rings (SSSR count). The fourth-order valence-electron chi connectivity index (χ4n) is 3.19. The molecule has 0 aliphatic rings. The van der Waals surface area contributed by atoms with Crippen molar-refractivity contribution in [2.45, 2.75) is 24.3 Å². The van der Waals surface area contributed by atoms with Gasteiger partial charge >= 0.3 is 0 Å². The first kappa shape index (κ1) is 24.4. The van der Waals surface area contributed by atoms with Crippen molar-refractivity contribution in [3.05, 3.63) is 88.9 Å². The van der Waals surface area contributed by atoms with Crippen molar-refractivity contribution in [1.29, 1.82) is 0 Å². The second-order valence-corrected chi connectivity index (χ2v) is 9.40. The quantitative estimate of drug-likeness (QED) is 0.444. The summed E-state index contributed by atoms with van der Waals surface area (Å²) < 4.78 is 34.0. The molecule has 0 aliphatic heterocycles. The van der Waals surface area contributed by atoms with Gasteiger partial charge < -0.3 is 10.1 Å². The van der Waals surface area contributed by atoms with Crippen LogP contribution in [0.15, 0.2) is 77.7 Å². The number of carbonyl (C=O) groups is 2. The van der Waals surface area contributed by atoms with E-state index in [1.165, 1.54) is 38.3 Å². The maximum atomic E-state index is 13.2. The molecule has 0 radical (unpaired) electrons. The lowest BCUT2D eigenvalue weighted by Gasteiger charge is -2.20. The number of hydrogen-bond acceptors (Lipinski definition) is 5. The lowest BCUT2D eigenvalue weighted by molar-refractivity contribution is -0.117. The van der Waals surface area contributed by atoms with Crippen LogP contribution in [0, 0.1) is 0 Å². The minimum absolute atomic E-state index is 0.0972. The van der Waals surface area contributed by atoms with E-state index in [9.17, 15) is 18.0 Å². The Morgan fingerprint density at radius 1 is 1.00 bits per heavy atom. The summed E-state index contributed by atoms with van der Waals surface area (Å²) in [5.74, 6) is -0.634. The van der Waals surface area contributed by atoms with Crippen molar-refractivity contribution < 1.29 is 22.7 Å². The summed E-state index contributed by atoms with van der Waals surface area (Å²) in [6.45, 7) is 1.42. The minimum Gasteiger partial charge on any atom is -0.495 e. The largest absolute Gasteiger partial charge is 0.495 e. The van der Waals surface area contributed by atoms with E-state index < -0.39 is 22.0 Å². The Kier molecular flexibility index (Phi) is 7.86. The lowest BCUT2D eigenvalue weighted by atomic mass is 10.1. The molecule has 0 fully saturated rings. The van der Waals surface area contributed by atoms with Crippen LogP contribution in [0.25, 0.3) is 0 Å². The maximum absolute atomic E-state index is 13.2. The van der Waals surface area contributed by atoms with Crippen LogP contribution in [0.1, 0.15) is 22.8 Å². The second kappa shape index (κ2) is 10.6. The Morgan fingerprint density at radius 2 is 1.73 bits per heavy atom. The molecule has 1 atom stereocenters. The Hall–Kier alpha value is -3.20. The third-order valence-corrected chi connectivity index (χ3v) is 6.58. The molecule has 0 saturated carbocycles. The summed E-state index contributed by atoms with van der Waals surface area (Å²) >= 11 is 6.00. The lowest BCUT2D eigenvalue weighted by Crippen LogP contribution is -2.45. The minimum atomic E-state index is -4.18. The van der Waals surface area contributed by atoms with Crippen LogP contribution in [0.2, 0.25) is 5.02 Å². The van der Waals surface area contributed by atoms with Gasteiger partial charge in [0.05, 0.1) is 7.11 Å². The molecule has 2 N–H and O–H groups in total. The van der Waals surface area contributed by atoms with Crippen LogP contribution in [0.3, 0.4) is 0 Å². The van der Waals surface area contributed by atoms with E-state index in [-0.39, 0.29) is 27.9 Å². The van der Waals surface area contributed by atoms with Gasteiger partial charge in [0.25, 0.3) is 0 Å². The number of halogens is 1. The molecule has 33 heavy (non-hydrogen) atoms. The second-order valence-electron chi connectivity index (χ2n) is 7.29. The van der Waals surface area contributed by atoms with Gasteiger partial charge in [-0.2, -0.15) is 4.72 Å². The molecule has 0 unspecified atom stereocenters. The smallest absolute Gasteiger partial charge is 0.245 e. The molecule has 172 valence electrons. The summed E-state index contributed by atoms with van der Waals surface area (Å²) in [6, 6.07) is 18.5. The first-order valence-corrected chi connectivity index (χ1v) is 11.9. The number of ether oxygens (including phenoxy) is 1. The van der Waals surface area contributed by atoms with Gasteiger partial charge in [-0.05, 0) is 49.2 Å². The van der Waals surface area contributed by atoms with Crippen molar-refractivity contribution in [1.82, 2.24) is 4.72 Å². The highest BCUT2D eigenvalue weighted by atomic mass is 35.5. The van der Waals surface area contributed by atoms with Gasteiger partial charge in [0.1, 0.15) is 16.7 Å². The fourth-order valence-corrected chi connectivity index (χ4v) is 4.82. The van der Waals surface area contributed by atoms with Crippen LogP contribution >= 0.6 is 11.6 Å². The van der Waals surface area contributed by atoms with Gasteiger partial charge in [-0.15, -0.1) is 0 Å². The third-order valence-electron chi connectivity index (χ3n) is 4.85. The van der Waals surface area contributed by atoms with Crippen molar-refractivity contribution in [3.63, 3.8) is 0 Å². The van der Waals surface area contributed by atoms with Gasteiger partial charge in [0.2, 0.25) is 15.9 Å². The molecule has 0 bridgehead atoms. The monoisotopic (exact) mass is 486 g/mol. The van der Waals surface area contributed by atoms with Crippen molar-refractivity contribution in [2.24, 2.45) is 0 Å². The number of sulfonamides is 1. The predicted octanol–water partition coefficient (Wildman–Crippen LogP) is 4.08. The van der Waals surface area contributed by atoms with Gasteiger partial charge in [-0.3, -0.25) is 9.59 Å². The zero-order valence-electron chi connectivity index (χ0n) is 18.0. The van der Waals surface area contributed by atoms with E-state index in [1.54, 1.807) is 42.5 Å². The molecule has 7 nitrogen and oxygen atoms in total. The Balaban J connectivity index is 1.93. The summed E-state index contributed by atoms with van der Waals surface area (Å²) in [6.07, 6.45) is 0.0984. The average molecular weight is 487 g/mol. The van der Waals surface area contributed by atoms with E-state index in [0.717, 1.165) is 5.56 Å². The summed E-state index contributed by atoms with van der Waals surface area (Å²) in [5.41, 5.74) is 1.57. The summed E-state index contributed by atoms with van der Waals surface area (Å²) in [7, 11) is -2.83. The van der Waals surface area contributed by atoms with Gasteiger partial charge in [-0.1, -0.05) is 54.1 Å².